The van der Waals surface area contributed by atoms with Crippen LogP contribution in [0.25, 0.3) is 11.0 Å². The van der Waals surface area contributed by atoms with Gasteiger partial charge in [-0.05, 0) is 31.0 Å². The highest BCUT2D eigenvalue weighted by Crippen LogP contribution is 2.35. The molecular weight excluding hydrogens is 513 g/mol. The first-order valence-corrected chi connectivity index (χ1v) is 13.4. The number of nitrogens with zero attached hydrogens (tertiary/aromatic N) is 4. The highest BCUT2D eigenvalue weighted by molar-refractivity contribution is 6.02. The summed E-state index contributed by atoms with van der Waals surface area (Å²) in [5, 5.41) is 11.4. The van der Waals surface area contributed by atoms with Crippen molar-refractivity contribution in [1.82, 2.24) is 20.3 Å². The van der Waals surface area contributed by atoms with Gasteiger partial charge < -0.3 is 14.8 Å². The predicted molar refractivity (Wildman–Crippen MR) is 149 cm³/mol. The molecule has 1 unspecified atom stereocenters. The largest absolute Gasteiger partial charge is 0.497 e. The minimum absolute atomic E-state index is 0.0495. The van der Waals surface area contributed by atoms with Gasteiger partial charge in [-0.3, -0.25) is 14.5 Å². The van der Waals surface area contributed by atoms with Crippen LogP contribution >= 0.6 is 0 Å². The van der Waals surface area contributed by atoms with E-state index >= 15 is 4.39 Å². The average molecular weight is 546 g/mol. The summed E-state index contributed by atoms with van der Waals surface area (Å²) in [5.41, 5.74) is 1.69. The third-order valence-corrected chi connectivity index (χ3v) is 7.25. The van der Waals surface area contributed by atoms with Crippen LogP contribution in [0, 0.1) is 5.82 Å². The second-order valence-electron chi connectivity index (χ2n) is 9.84. The lowest BCUT2D eigenvalue weighted by Gasteiger charge is -2.34. The maximum Gasteiger partial charge on any atom is 0.249 e. The fourth-order valence-corrected chi connectivity index (χ4v) is 5.23. The molecule has 5 rings (SSSR count). The molecule has 1 saturated carbocycles. The number of hydrogen-bond donors (Lipinski definition) is 1. The molecule has 1 heterocycles. The normalized spacial score (nSPS) is 14.5. The minimum atomic E-state index is -1.30. The molecule has 1 atom stereocenters. The maximum absolute atomic E-state index is 15.4. The quantitative estimate of drug-likeness (QED) is 0.324. The second-order valence-corrected chi connectivity index (χ2v) is 9.84. The van der Waals surface area contributed by atoms with Crippen LogP contribution in [-0.4, -0.2) is 47.1 Å². The van der Waals surface area contributed by atoms with E-state index in [2.05, 4.69) is 15.6 Å². The van der Waals surface area contributed by atoms with Crippen molar-refractivity contribution in [1.29, 1.82) is 0 Å². The van der Waals surface area contributed by atoms with Crippen molar-refractivity contribution in [2.45, 2.75) is 50.7 Å². The zero-order valence-electron chi connectivity index (χ0n) is 22.5. The van der Waals surface area contributed by atoms with Gasteiger partial charge in [0.25, 0.3) is 0 Å². The molecule has 3 aromatic carbocycles. The van der Waals surface area contributed by atoms with Gasteiger partial charge in [0.05, 0.1) is 25.4 Å². The molecule has 0 radical (unpaired) electrons. The fraction of sp³-hybridized carbons (Fsp3) is 0.333. The Labute approximate surface area is 231 Å². The van der Waals surface area contributed by atoms with E-state index in [4.69, 9.17) is 9.47 Å². The number of para-hydroxylation sites is 1. The Balaban J connectivity index is 1.62. The number of carbonyl (C=O) groups excluding carboxylic acids is 2. The van der Waals surface area contributed by atoms with Crippen molar-refractivity contribution in [2.24, 2.45) is 0 Å². The molecule has 0 spiro atoms. The van der Waals surface area contributed by atoms with Crippen LogP contribution in [-0.2, 0) is 16.1 Å². The van der Waals surface area contributed by atoms with E-state index in [0.29, 0.717) is 28.2 Å². The molecule has 1 aliphatic carbocycles. The summed E-state index contributed by atoms with van der Waals surface area (Å²) < 4.78 is 27.8. The van der Waals surface area contributed by atoms with Crippen LogP contribution in [0.5, 0.6) is 11.5 Å². The lowest BCUT2D eigenvalue weighted by Crippen LogP contribution is -2.48. The van der Waals surface area contributed by atoms with Gasteiger partial charge in [-0.15, -0.1) is 5.10 Å². The number of amides is 2. The molecule has 9 nitrogen and oxygen atoms in total. The van der Waals surface area contributed by atoms with Crippen LogP contribution in [0.2, 0.25) is 0 Å². The van der Waals surface area contributed by atoms with Gasteiger partial charge >= 0.3 is 0 Å². The van der Waals surface area contributed by atoms with Gasteiger partial charge in [0.1, 0.15) is 35.4 Å². The molecule has 2 amide bonds. The van der Waals surface area contributed by atoms with Gasteiger partial charge in [-0.2, -0.15) is 0 Å². The lowest BCUT2D eigenvalue weighted by molar-refractivity contribution is -0.127. The van der Waals surface area contributed by atoms with Crippen molar-refractivity contribution >= 4 is 28.5 Å². The van der Waals surface area contributed by atoms with E-state index < -0.39 is 23.7 Å². The second kappa shape index (κ2) is 12.1. The number of methoxy groups -OCH3 is 2. The molecule has 0 aliphatic heterocycles. The number of ether oxygens (including phenoxy) is 2. The van der Waals surface area contributed by atoms with E-state index in [1.54, 1.807) is 36.4 Å². The molecule has 0 bridgehead atoms. The molecule has 40 heavy (non-hydrogen) atoms. The van der Waals surface area contributed by atoms with Crippen molar-refractivity contribution in [3.63, 3.8) is 0 Å². The monoisotopic (exact) mass is 545 g/mol. The van der Waals surface area contributed by atoms with Gasteiger partial charge in [0.2, 0.25) is 11.8 Å². The van der Waals surface area contributed by atoms with E-state index in [9.17, 15) is 9.59 Å². The number of nitrogens with one attached hydrogen (secondary N) is 1. The Morgan fingerprint density at radius 1 is 1.00 bits per heavy atom. The smallest absolute Gasteiger partial charge is 0.249 e. The molecule has 10 heteroatoms. The average Bonchev–Trinajstić information content (AvgIpc) is 3.39. The van der Waals surface area contributed by atoms with Crippen molar-refractivity contribution in [2.75, 3.05) is 19.1 Å². The highest BCUT2D eigenvalue weighted by Gasteiger charge is 2.36. The number of aromatic nitrogens is 3. The molecule has 1 aromatic heterocycles. The fourth-order valence-electron chi connectivity index (χ4n) is 5.23. The standard InChI is InChI=1S/C30H32FN5O4/c1-39-22-16-21(17-23(18-22)40-2)36(28(37)19-35-27-15-9-8-14-26(27)33-34-35)29(24-12-6-7-13-25(24)31)30(38)32-20-10-4-3-5-11-20/h6-9,12-18,20,29H,3-5,10-11,19H2,1-2H3,(H,32,38). The van der Waals surface area contributed by atoms with Crippen molar-refractivity contribution in [3.8, 4) is 11.5 Å². The number of carbonyl (C=O) groups is 2. The minimum Gasteiger partial charge on any atom is -0.497 e. The summed E-state index contributed by atoms with van der Waals surface area (Å²) in [4.78, 5) is 29.6. The zero-order valence-corrected chi connectivity index (χ0v) is 22.5. The zero-order chi connectivity index (χ0) is 28.1. The van der Waals surface area contributed by atoms with E-state index in [1.165, 1.54) is 35.9 Å². The molecule has 1 N–H and O–H groups in total. The Hall–Kier alpha value is -4.47. The van der Waals surface area contributed by atoms with Crippen molar-refractivity contribution in [3.05, 3.63) is 78.1 Å². The predicted octanol–water partition coefficient (Wildman–Crippen LogP) is 4.81. The number of fused-ring (bicyclic) bond motifs is 1. The first kappa shape index (κ1) is 27.1. The number of benzene rings is 3. The maximum atomic E-state index is 15.4. The van der Waals surface area contributed by atoms with Crippen LogP contribution < -0.4 is 19.7 Å². The first-order chi connectivity index (χ1) is 19.5. The Morgan fingerprint density at radius 3 is 2.38 bits per heavy atom. The molecule has 1 aliphatic rings. The van der Waals surface area contributed by atoms with Gasteiger partial charge in [-0.25, -0.2) is 9.07 Å². The Bertz CT molecular complexity index is 1480. The molecule has 208 valence electrons. The molecular formula is C30H32FN5O4. The van der Waals surface area contributed by atoms with E-state index in [1.807, 2.05) is 18.2 Å². The Morgan fingerprint density at radius 2 is 1.68 bits per heavy atom. The summed E-state index contributed by atoms with van der Waals surface area (Å²) in [7, 11) is 2.99. The number of rotatable bonds is 9. The van der Waals surface area contributed by atoms with Crippen LogP contribution in [0.15, 0.2) is 66.7 Å². The Kier molecular flexibility index (Phi) is 8.23. The third-order valence-electron chi connectivity index (χ3n) is 7.25. The first-order valence-electron chi connectivity index (χ1n) is 13.4. The summed E-state index contributed by atoms with van der Waals surface area (Å²) >= 11 is 0. The number of anilines is 1. The van der Waals surface area contributed by atoms with E-state index in [0.717, 1.165) is 32.1 Å². The molecule has 1 fully saturated rings. The lowest BCUT2D eigenvalue weighted by atomic mass is 9.94. The van der Waals surface area contributed by atoms with Crippen molar-refractivity contribution < 1.29 is 23.5 Å². The highest BCUT2D eigenvalue weighted by atomic mass is 19.1. The SMILES string of the molecule is COc1cc(OC)cc(N(C(=O)Cn2nnc3ccccc32)C(C(=O)NC2CCCCC2)c2ccccc2F)c1. The van der Waals surface area contributed by atoms with Gasteiger partial charge in [0, 0.05) is 29.8 Å². The summed E-state index contributed by atoms with van der Waals surface area (Å²) in [6, 6.07) is 16.9. The number of hydrogen-bond acceptors (Lipinski definition) is 6. The van der Waals surface area contributed by atoms with Gasteiger partial charge in [-0.1, -0.05) is 54.8 Å². The molecule has 4 aromatic rings. The summed E-state index contributed by atoms with van der Waals surface area (Å²) in [6.45, 7) is -0.234. The topological polar surface area (TPSA) is 98.6 Å². The van der Waals surface area contributed by atoms with Crippen LogP contribution in [0.1, 0.15) is 43.7 Å². The van der Waals surface area contributed by atoms with Gasteiger partial charge in [0.15, 0.2) is 0 Å². The molecule has 0 saturated heterocycles. The van der Waals surface area contributed by atoms with Crippen LogP contribution in [0.3, 0.4) is 0 Å². The summed E-state index contributed by atoms with van der Waals surface area (Å²) in [6.07, 6.45) is 4.79. The third kappa shape index (κ3) is 5.75. The van der Waals surface area contributed by atoms with E-state index in [-0.39, 0.29) is 18.2 Å². The summed E-state index contributed by atoms with van der Waals surface area (Å²) in [5.74, 6) is -0.713. The van der Waals surface area contributed by atoms with Crippen LogP contribution in [0.4, 0.5) is 10.1 Å². The number of halogens is 1.